The Bertz CT molecular complexity index is 313. The van der Waals surface area contributed by atoms with Crippen LogP contribution in [0.1, 0.15) is 5.56 Å². The van der Waals surface area contributed by atoms with Gasteiger partial charge in [-0.2, -0.15) is 0 Å². The molecule has 13 heavy (non-hydrogen) atoms. The van der Waals surface area contributed by atoms with Crippen molar-refractivity contribution in [1.29, 1.82) is 0 Å². The van der Waals surface area contributed by atoms with E-state index in [0.29, 0.717) is 0 Å². The van der Waals surface area contributed by atoms with Gasteiger partial charge in [-0.05, 0) is 6.07 Å². The maximum atomic E-state index is 5.36. The van der Waals surface area contributed by atoms with Gasteiger partial charge in [0.1, 0.15) is 0 Å². The molecule has 2 nitrogen and oxygen atoms in total. The Morgan fingerprint density at radius 2 is 1.85 bits per heavy atom. The normalized spacial score (nSPS) is 10.0. The summed E-state index contributed by atoms with van der Waals surface area (Å²) < 4.78 is 10.5. The number of hydrogen-bond acceptors (Lipinski definition) is 2. The topological polar surface area (TPSA) is 18.5 Å². The van der Waals surface area contributed by atoms with Gasteiger partial charge in [0.2, 0.25) is 0 Å². The molecule has 0 aliphatic heterocycles. The number of benzene rings is 1. The van der Waals surface area contributed by atoms with E-state index in [0.717, 1.165) is 10.8 Å². The summed E-state index contributed by atoms with van der Waals surface area (Å²) >= 11 is 0. The second-order valence-electron chi connectivity index (χ2n) is 2.53. The summed E-state index contributed by atoms with van der Waals surface area (Å²) in [4.78, 5) is 0. The lowest BCUT2D eigenvalue weighted by molar-refractivity contribution is 0.292. The molecular formula is C10H12O2Si. The fraction of sp³-hybridized carbons (Fsp3) is 0.200. The summed E-state index contributed by atoms with van der Waals surface area (Å²) in [6.07, 6.45) is 5.36. The summed E-state index contributed by atoms with van der Waals surface area (Å²) in [5, 5.41) is 1.02. The highest BCUT2D eigenvalue weighted by molar-refractivity contribution is 6.62. The molecule has 0 saturated carbocycles. The minimum Gasteiger partial charge on any atom is -0.397 e. The first kappa shape index (κ1) is 10.0. The van der Waals surface area contributed by atoms with Gasteiger partial charge in [-0.1, -0.05) is 24.1 Å². The molecule has 0 unspecified atom stereocenters. The molecule has 68 valence electrons. The van der Waals surface area contributed by atoms with Crippen molar-refractivity contribution in [2.45, 2.75) is 0 Å². The highest BCUT2D eigenvalue weighted by Gasteiger charge is 2.15. The second-order valence-corrected chi connectivity index (χ2v) is 4.76. The van der Waals surface area contributed by atoms with Crippen molar-refractivity contribution in [3.8, 4) is 12.3 Å². The molecular weight excluding hydrogens is 180 g/mol. The molecule has 0 N–H and O–H groups in total. The van der Waals surface area contributed by atoms with E-state index in [1.807, 2.05) is 24.3 Å². The molecule has 0 aliphatic carbocycles. The summed E-state index contributed by atoms with van der Waals surface area (Å²) in [6.45, 7) is 0. The van der Waals surface area contributed by atoms with E-state index in [9.17, 15) is 0 Å². The number of terminal acetylenes is 1. The van der Waals surface area contributed by atoms with Crippen molar-refractivity contribution in [1.82, 2.24) is 0 Å². The zero-order chi connectivity index (χ0) is 9.68. The molecule has 1 rings (SSSR count). The van der Waals surface area contributed by atoms with Crippen LogP contribution in [0.3, 0.4) is 0 Å². The predicted octanol–water partition coefficient (Wildman–Crippen LogP) is 0.388. The molecule has 0 amide bonds. The molecule has 0 aliphatic rings. The Hall–Kier alpha value is -1.08. The van der Waals surface area contributed by atoms with Crippen molar-refractivity contribution in [2.24, 2.45) is 0 Å². The van der Waals surface area contributed by atoms with Crippen molar-refractivity contribution in [2.75, 3.05) is 14.2 Å². The van der Waals surface area contributed by atoms with Crippen LogP contribution in [0.5, 0.6) is 0 Å². The highest BCUT2D eigenvalue weighted by atomic mass is 28.3. The first-order valence-corrected chi connectivity index (χ1v) is 5.46. The zero-order valence-corrected chi connectivity index (χ0v) is 8.94. The third-order valence-electron chi connectivity index (χ3n) is 1.80. The summed E-state index contributed by atoms with van der Waals surface area (Å²) in [5.74, 6) is 2.62. The van der Waals surface area contributed by atoms with Gasteiger partial charge in [-0.3, -0.25) is 0 Å². The van der Waals surface area contributed by atoms with Crippen LogP contribution >= 0.6 is 0 Å². The SMILES string of the molecule is C#Cc1ccccc1[SiH](OC)OC. The number of rotatable bonds is 3. The third kappa shape index (κ3) is 2.19. The maximum Gasteiger partial charge on any atom is 0.356 e. The molecule has 0 radical (unpaired) electrons. The van der Waals surface area contributed by atoms with E-state index in [2.05, 4.69) is 5.92 Å². The van der Waals surface area contributed by atoms with Crippen molar-refractivity contribution in [3.63, 3.8) is 0 Å². The Morgan fingerprint density at radius 3 is 2.38 bits per heavy atom. The van der Waals surface area contributed by atoms with E-state index in [1.54, 1.807) is 14.2 Å². The Morgan fingerprint density at radius 1 is 1.23 bits per heavy atom. The fourth-order valence-electron chi connectivity index (χ4n) is 1.18. The standard InChI is InChI=1S/C10H12O2Si/c1-4-9-7-5-6-8-10(9)13(11-2)12-3/h1,5-8,13H,2-3H3. The van der Waals surface area contributed by atoms with Crippen molar-refractivity contribution >= 4 is 14.5 Å². The van der Waals surface area contributed by atoms with Gasteiger partial charge in [0.25, 0.3) is 0 Å². The highest BCUT2D eigenvalue weighted by Crippen LogP contribution is 1.97. The van der Waals surface area contributed by atoms with Gasteiger partial charge in [-0.15, -0.1) is 6.42 Å². The van der Waals surface area contributed by atoms with Crippen LogP contribution in [0, 0.1) is 12.3 Å². The van der Waals surface area contributed by atoms with Crippen LogP contribution < -0.4 is 5.19 Å². The molecule has 1 aromatic rings. The maximum absolute atomic E-state index is 5.36. The molecule has 3 heteroatoms. The quantitative estimate of drug-likeness (QED) is 0.509. The Balaban J connectivity index is 3.05. The predicted molar refractivity (Wildman–Crippen MR) is 55.2 cm³/mol. The molecule has 1 aromatic carbocycles. The van der Waals surface area contributed by atoms with E-state index in [-0.39, 0.29) is 0 Å². The minimum absolute atomic E-state index is 0.864. The first-order valence-electron chi connectivity index (χ1n) is 3.94. The lowest BCUT2D eigenvalue weighted by atomic mass is 10.2. The lowest BCUT2D eigenvalue weighted by Gasteiger charge is -2.12. The summed E-state index contributed by atoms with van der Waals surface area (Å²) in [5.41, 5.74) is 0.864. The van der Waals surface area contributed by atoms with E-state index < -0.39 is 9.28 Å². The molecule has 0 saturated heterocycles. The van der Waals surface area contributed by atoms with Crippen LogP contribution in [-0.4, -0.2) is 23.5 Å². The van der Waals surface area contributed by atoms with Gasteiger partial charge in [0.15, 0.2) is 0 Å². The minimum atomic E-state index is -1.75. The molecule has 0 aromatic heterocycles. The van der Waals surface area contributed by atoms with Crippen LogP contribution in [0.15, 0.2) is 24.3 Å². The molecule has 0 spiro atoms. The lowest BCUT2D eigenvalue weighted by Crippen LogP contribution is -2.36. The molecule has 0 bridgehead atoms. The van der Waals surface area contributed by atoms with Crippen LogP contribution in [0.4, 0.5) is 0 Å². The van der Waals surface area contributed by atoms with Crippen LogP contribution in [-0.2, 0) is 8.85 Å². The molecule has 0 atom stereocenters. The van der Waals surface area contributed by atoms with E-state index in [1.165, 1.54) is 0 Å². The molecule has 0 heterocycles. The Kier molecular flexibility index (Phi) is 3.71. The van der Waals surface area contributed by atoms with E-state index >= 15 is 0 Å². The van der Waals surface area contributed by atoms with Crippen molar-refractivity contribution in [3.05, 3.63) is 29.8 Å². The van der Waals surface area contributed by atoms with E-state index in [4.69, 9.17) is 15.3 Å². The Labute approximate surface area is 80.3 Å². The van der Waals surface area contributed by atoms with Crippen molar-refractivity contribution < 1.29 is 8.85 Å². The second kappa shape index (κ2) is 4.82. The van der Waals surface area contributed by atoms with Gasteiger partial charge in [0.05, 0.1) is 0 Å². The van der Waals surface area contributed by atoms with Gasteiger partial charge in [-0.25, -0.2) is 0 Å². The summed E-state index contributed by atoms with van der Waals surface area (Å²) in [6, 6.07) is 7.70. The van der Waals surface area contributed by atoms with Gasteiger partial charge >= 0.3 is 9.28 Å². The fourth-order valence-corrected chi connectivity index (χ4v) is 2.59. The largest absolute Gasteiger partial charge is 0.397 e. The average Bonchev–Trinajstić information content (AvgIpc) is 2.20. The van der Waals surface area contributed by atoms with Crippen LogP contribution in [0.2, 0.25) is 0 Å². The van der Waals surface area contributed by atoms with Gasteiger partial charge in [0, 0.05) is 25.0 Å². The summed E-state index contributed by atoms with van der Waals surface area (Å²) in [7, 11) is 1.54. The third-order valence-corrected chi connectivity index (χ3v) is 3.67. The molecule has 0 fully saturated rings. The first-order chi connectivity index (χ1) is 6.33. The monoisotopic (exact) mass is 192 g/mol. The zero-order valence-electron chi connectivity index (χ0n) is 7.78. The van der Waals surface area contributed by atoms with Crippen LogP contribution in [0.25, 0.3) is 0 Å². The smallest absolute Gasteiger partial charge is 0.356 e. The average molecular weight is 192 g/mol. The number of hydrogen-bond donors (Lipinski definition) is 0. The van der Waals surface area contributed by atoms with Gasteiger partial charge < -0.3 is 8.85 Å².